The largest absolute Gasteiger partial charge is 0.437 e. The number of hydrogen-bond acceptors (Lipinski definition) is 5. The smallest absolute Gasteiger partial charge is 0.247 e. The van der Waals surface area contributed by atoms with Crippen molar-refractivity contribution in [2.45, 2.75) is 11.8 Å². The number of carbonyl (C=O) groups is 1. The molecule has 2 aromatic carbocycles. The van der Waals surface area contributed by atoms with E-state index in [1.807, 2.05) is 13.0 Å². The van der Waals surface area contributed by atoms with Gasteiger partial charge in [0.2, 0.25) is 11.8 Å². The van der Waals surface area contributed by atoms with Crippen molar-refractivity contribution in [1.82, 2.24) is 4.98 Å². The first-order chi connectivity index (χ1) is 13.9. The lowest BCUT2D eigenvalue weighted by atomic mass is 10.3. The van der Waals surface area contributed by atoms with Crippen LogP contribution in [0.1, 0.15) is 5.56 Å². The summed E-state index contributed by atoms with van der Waals surface area (Å²) in [6, 6.07) is 13.3. The summed E-state index contributed by atoms with van der Waals surface area (Å²) in [7, 11) is 0. The molecule has 0 aliphatic rings. The summed E-state index contributed by atoms with van der Waals surface area (Å²) >= 11 is 6.93. The Bertz CT molecular complexity index is 1040. The van der Waals surface area contributed by atoms with Gasteiger partial charge in [0.1, 0.15) is 17.3 Å². The van der Waals surface area contributed by atoms with Gasteiger partial charge in [-0.25, -0.2) is 9.37 Å². The van der Waals surface area contributed by atoms with Crippen LogP contribution in [-0.2, 0) is 4.79 Å². The van der Waals surface area contributed by atoms with Crippen LogP contribution in [0.4, 0.5) is 15.8 Å². The highest BCUT2D eigenvalue weighted by Gasteiger charge is 2.09. The Hall–Kier alpha value is -3.03. The molecule has 1 amide bonds. The first kappa shape index (κ1) is 20.7. The number of halogens is 2. The van der Waals surface area contributed by atoms with Gasteiger partial charge in [-0.15, -0.1) is 0 Å². The van der Waals surface area contributed by atoms with Crippen molar-refractivity contribution in [1.29, 1.82) is 0 Å². The maximum absolute atomic E-state index is 13.6. The van der Waals surface area contributed by atoms with Gasteiger partial charge < -0.3 is 14.8 Å². The van der Waals surface area contributed by atoms with Crippen molar-refractivity contribution in [3.8, 4) is 11.6 Å². The van der Waals surface area contributed by atoms with Crippen LogP contribution in [0.3, 0.4) is 0 Å². The fourth-order valence-electron chi connectivity index (χ4n) is 2.28. The number of aromatic nitrogens is 1. The molecule has 1 heterocycles. The normalized spacial score (nSPS) is 10.3. The fourth-order valence-corrected chi connectivity index (χ4v) is 3.07. The van der Waals surface area contributed by atoms with E-state index < -0.39 is 5.82 Å². The molecule has 3 aromatic rings. The number of amides is 1. The standard InChI is InChI=1S/C21H17ClFN3O2S/c1-3-20(27)25-14-4-6-15(7-5-14)28-21-19(10-13(2)12-24-21)26-29-16-8-9-17(22)18(23)11-16/h3-12,26H,1H2,2H3,(H,25,27). The molecule has 0 fully saturated rings. The van der Waals surface area contributed by atoms with E-state index in [-0.39, 0.29) is 10.9 Å². The van der Waals surface area contributed by atoms with E-state index in [0.29, 0.717) is 27.9 Å². The van der Waals surface area contributed by atoms with Gasteiger partial charge in [-0.1, -0.05) is 18.2 Å². The Kier molecular flexibility index (Phi) is 6.74. The van der Waals surface area contributed by atoms with Crippen molar-refractivity contribution >= 4 is 40.8 Å². The molecule has 8 heteroatoms. The highest BCUT2D eigenvalue weighted by Crippen LogP contribution is 2.32. The topological polar surface area (TPSA) is 63.2 Å². The molecule has 0 aliphatic carbocycles. The molecule has 1 aromatic heterocycles. The Balaban J connectivity index is 1.73. The van der Waals surface area contributed by atoms with E-state index in [9.17, 15) is 9.18 Å². The molecule has 0 aliphatic heterocycles. The minimum atomic E-state index is -0.485. The average Bonchev–Trinajstić information content (AvgIpc) is 2.72. The Morgan fingerprint density at radius 1 is 1.24 bits per heavy atom. The lowest BCUT2D eigenvalue weighted by Crippen LogP contribution is -2.06. The number of benzene rings is 2. The molecule has 29 heavy (non-hydrogen) atoms. The van der Waals surface area contributed by atoms with Crippen LogP contribution in [0.15, 0.2) is 72.3 Å². The van der Waals surface area contributed by atoms with Gasteiger partial charge in [-0.05, 0) is 79.0 Å². The lowest BCUT2D eigenvalue weighted by molar-refractivity contribution is -0.111. The molecular weight excluding hydrogens is 413 g/mol. The molecule has 0 atom stereocenters. The van der Waals surface area contributed by atoms with Gasteiger partial charge in [-0.3, -0.25) is 4.79 Å². The highest BCUT2D eigenvalue weighted by atomic mass is 35.5. The number of rotatable bonds is 7. The summed E-state index contributed by atoms with van der Waals surface area (Å²) in [4.78, 5) is 16.3. The second-order valence-electron chi connectivity index (χ2n) is 5.97. The molecule has 0 unspecified atom stereocenters. The SMILES string of the molecule is C=CC(=O)Nc1ccc(Oc2ncc(C)cc2NSc2ccc(Cl)c(F)c2)cc1. The van der Waals surface area contributed by atoms with E-state index >= 15 is 0 Å². The summed E-state index contributed by atoms with van der Waals surface area (Å²) in [5.74, 6) is 0.130. The maximum atomic E-state index is 13.6. The third-order valence-corrected chi connectivity index (χ3v) is 4.80. The van der Waals surface area contributed by atoms with Gasteiger partial charge in [-0.2, -0.15) is 0 Å². The quantitative estimate of drug-likeness (QED) is 0.345. The van der Waals surface area contributed by atoms with Crippen LogP contribution < -0.4 is 14.8 Å². The van der Waals surface area contributed by atoms with Gasteiger partial charge in [0.15, 0.2) is 0 Å². The Morgan fingerprint density at radius 2 is 2.00 bits per heavy atom. The molecular formula is C21H17ClFN3O2S. The number of ether oxygens (including phenoxy) is 1. The molecule has 0 saturated carbocycles. The molecule has 0 saturated heterocycles. The number of nitrogens with one attached hydrogen (secondary N) is 2. The number of aryl methyl sites for hydroxylation is 1. The Morgan fingerprint density at radius 3 is 2.69 bits per heavy atom. The number of pyridine rings is 1. The summed E-state index contributed by atoms with van der Waals surface area (Å²) in [5, 5.41) is 2.74. The minimum Gasteiger partial charge on any atom is -0.437 e. The zero-order valence-corrected chi connectivity index (χ0v) is 17.0. The molecule has 148 valence electrons. The van der Waals surface area contributed by atoms with Crippen molar-refractivity contribution in [2.75, 3.05) is 10.0 Å². The first-order valence-corrected chi connectivity index (χ1v) is 9.70. The fraction of sp³-hybridized carbons (Fsp3) is 0.0476. The molecule has 3 rings (SSSR count). The summed E-state index contributed by atoms with van der Waals surface area (Å²) in [6.45, 7) is 5.32. The van der Waals surface area contributed by atoms with Crippen LogP contribution in [0.2, 0.25) is 5.02 Å². The van der Waals surface area contributed by atoms with Crippen molar-refractivity contribution in [3.05, 3.63) is 83.8 Å². The third-order valence-electron chi connectivity index (χ3n) is 3.68. The Labute approximate surface area is 177 Å². The second kappa shape index (κ2) is 9.45. The molecule has 0 spiro atoms. The minimum absolute atomic E-state index is 0.0725. The van der Waals surface area contributed by atoms with Crippen molar-refractivity contribution < 1.29 is 13.9 Å². The maximum Gasteiger partial charge on any atom is 0.247 e. The average molecular weight is 430 g/mol. The van der Waals surface area contributed by atoms with E-state index in [2.05, 4.69) is 21.6 Å². The third kappa shape index (κ3) is 5.73. The lowest BCUT2D eigenvalue weighted by Gasteiger charge is -2.13. The van der Waals surface area contributed by atoms with Crippen LogP contribution in [-0.4, -0.2) is 10.9 Å². The summed E-state index contributed by atoms with van der Waals surface area (Å²) in [5.41, 5.74) is 2.19. The van der Waals surface area contributed by atoms with Crippen LogP contribution >= 0.6 is 23.5 Å². The summed E-state index contributed by atoms with van der Waals surface area (Å²) in [6.07, 6.45) is 2.88. The molecule has 0 radical (unpaired) electrons. The predicted octanol–water partition coefficient (Wildman–Crippen LogP) is 6.22. The predicted molar refractivity (Wildman–Crippen MR) is 115 cm³/mol. The van der Waals surface area contributed by atoms with Crippen molar-refractivity contribution in [3.63, 3.8) is 0 Å². The van der Waals surface area contributed by atoms with Crippen molar-refractivity contribution in [2.24, 2.45) is 0 Å². The number of anilines is 2. The van der Waals surface area contributed by atoms with Gasteiger partial charge in [0.25, 0.3) is 0 Å². The van der Waals surface area contributed by atoms with E-state index in [1.54, 1.807) is 36.5 Å². The molecule has 0 bridgehead atoms. The van der Waals surface area contributed by atoms with Gasteiger partial charge in [0, 0.05) is 16.8 Å². The number of carbonyl (C=O) groups excluding carboxylic acids is 1. The zero-order chi connectivity index (χ0) is 20.8. The second-order valence-corrected chi connectivity index (χ2v) is 7.25. The summed E-state index contributed by atoms with van der Waals surface area (Å²) < 4.78 is 22.6. The molecule has 5 nitrogen and oxygen atoms in total. The molecule has 2 N–H and O–H groups in total. The number of nitrogens with zero attached hydrogens (tertiary/aromatic N) is 1. The number of hydrogen-bond donors (Lipinski definition) is 2. The monoisotopic (exact) mass is 429 g/mol. The van der Waals surface area contributed by atoms with Gasteiger partial charge in [0.05, 0.1) is 5.02 Å². The van der Waals surface area contributed by atoms with Gasteiger partial charge >= 0.3 is 0 Å². The van der Waals surface area contributed by atoms with Crippen LogP contribution in [0.25, 0.3) is 0 Å². The van der Waals surface area contributed by atoms with Crippen LogP contribution in [0.5, 0.6) is 11.6 Å². The highest BCUT2D eigenvalue weighted by molar-refractivity contribution is 8.00. The van der Waals surface area contributed by atoms with E-state index in [4.69, 9.17) is 16.3 Å². The zero-order valence-electron chi connectivity index (χ0n) is 15.4. The van der Waals surface area contributed by atoms with E-state index in [0.717, 1.165) is 5.56 Å². The van der Waals surface area contributed by atoms with E-state index in [1.165, 1.54) is 30.2 Å². The first-order valence-electron chi connectivity index (χ1n) is 8.50. The van der Waals surface area contributed by atoms with Crippen LogP contribution in [0, 0.1) is 12.7 Å².